The molecule has 0 spiro atoms. The van der Waals surface area contributed by atoms with Gasteiger partial charge in [0, 0.05) is 11.6 Å². The van der Waals surface area contributed by atoms with Gasteiger partial charge in [0.25, 0.3) is 10.1 Å². The number of unbranched alkanes of at least 4 members (excludes halogenated alkanes) is 2. The summed E-state index contributed by atoms with van der Waals surface area (Å²) < 4.78 is 31.1. The van der Waals surface area contributed by atoms with Gasteiger partial charge in [0.15, 0.2) is 0 Å². The SMILES string of the molecule is CCCCCC(C)(C)c1cc(O)c(S(=O)(=O)O)cc1O. The Morgan fingerprint density at radius 3 is 2.20 bits per heavy atom. The van der Waals surface area contributed by atoms with Crippen LogP contribution in [0.25, 0.3) is 0 Å². The van der Waals surface area contributed by atoms with E-state index in [4.69, 9.17) is 4.55 Å². The molecule has 0 aliphatic rings. The van der Waals surface area contributed by atoms with Crippen molar-refractivity contribution in [2.24, 2.45) is 0 Å². The van der Waals surface area contributed by atoms with Gasteiger partial charge in [-0.15, -0.1) is 0 Å². The average Bonchev–Trinajstić information content (AvgIpc) is 2.30. The van der Waals surface area contributed by atoms with Crippen molar-refractivity contribution >= 4 is 10.1 Å². The van der Waals surface area contributed by atoms with Gasteiger partial charge in [0.2, 0.25) is 0 Å². The van der Waals surface area contributed by atoms with E-state index >= 15 is 0 Å². The molecule has 114 valence electrons. The third-order valence-corrected chi connectivity index (χ3v) is 4.37. The molecule has 0 fully saturated rings. The van der Waals surface area contributed by atoms with Crippen LogP contribution in [0.1, 0.15) is 52.0 Å². The maximum atomic E-state index is 11.1. The Bertz CT molecular complexity index is 575. The van der Waals surface area contributed by atoms with Crippen molar-refractivity contribution in [3.8, 4) is 11.5 Å². The van der Waals surface area contributed by atoms with Crippen molar-refractivity contribution in [1.29, 1.82) is 0 Å². The lowest BCUT2D eigenvalue weighted by molar-refractivity contribution is 0.394. The lowest BCUT2D eigenvalue weighted by Gasteiger charge is -2.26. The molecule has 0 amide bonds. The molecule has 0 radical (unpaired) electrons. The number of benzene rings is 1. The third-order valence-electron chi connectivity index (χ3n) is 3.49. The fraction of sp³-hybridized carbons (Fsp3) is 0.571. The minimum absolute atomic E-state index is 0.239. The molecule has 1 rings (SSSR count). The third kappa shape index (κ3) is 3.86. The molecule has 5 nitrogen and oxygen atoms in total. The smallest absolute Gasteiger partial charge is 0.298 e. The Labute approximate surface area is 120 Å². The molecule has 0 saturated heterocycles. The van der Waals surface area contributed by atoms with Crippen molar-refractivity contribution in [3.63, 3.8) is 0 Å². The molecule has 6 heteroatoms. The molecule has 0 aliphatic carbocycles. The van der Waals surface area contributed by atoms with E-state index in [1.54, 1.807) is 0 Å². The second-order valence-corrected chi connectivity index (χ2v) is 7.04. The zero-order valence-electron chi connectivity index (χ0n) is 12.0. The van der Waals surface area contributed by atoms with Gasteiger partial charge in [-0.1, -0.05) is 40.0 Å². The molecule has 0 heterocycles. The molecular weight excluding hydrogens is 280 g/mol. The van der Waals surface area contributed by atoms with Crippen LogP contribution in [0.3, 0.4) is 0 Å². The summed E-state index contributed by atoms with van der Waals surface area (Å²) in [6.45, 7) is 5.94. The number of phenols is 2. The van der Waals surface area contributed by atoms with Crippen molar-refractivity contribution in [2.75, 3.05) is 0 Å². The molecular formula is C14H22O5S. The molecule has 0 aliphatic heterocycles. The van der Waals surface area contributed by atoms with Gasteiger partial charge in [0.05, 0.1) is 0 Å². The molecule has 0 unspecified atom stereocenters. The van der Waals surface area contributed by atoms with Crippen molar-refractivity contribution in [3.05, 3.63) is 17.7 Å². The molecule has 0 bridgehead atoms. The van der Waals surface area contributed by atoms with E-state index in [1.165, 1.54) is 6.07 Å². The lowest BCUT2D eigenvalue weighted by Crippen LogP contribution is -2.17. The zero-order valence-corrected chi connectivity index (χ0v) is 12.9. The zero-order chi connectivity index (χ0) is 15.6. The van der Waals surface area contributed by atoms with Gasteiger partial charge in [-0.2, -0.15) is 8.42 Å². The standard InChI is InChI=1S/C14H22O5S/c1-4-5-6-7-14(2,3)10-8-12(16)13(9-11(10)15)20(17,18)19/h8-9,15-16H,4-7H2,1-3H3,(H,17,18,19). The molecule has 0 saturated carbocycles. The van der Waals surface area contributed by atoms with E-state index < -0.39 is 26.2 Å². The summed E-state index contributed by atoms with van der Waals surface area (Å²) in [4.78, 5) is -0.678. The topological polar surface area (TPSA) is 94.8 Å². The van der Waals surface area contributed by atoms with Gasteiger partial charge in [-0.3, -0.25) is 4.55 Å². The van der Waals surface area contributed by atoms with Crippen molar-refractivity contribution in [1.82, 2.24) is 0 Å². The first-order chi connectivity index (χ1) is 9.09. The Balaban J connectivity index is 3.18. The van der Waals surface area contributed by atoms with Crippen LogP contribution in [0.15, 0.2) is 17.0 Å². The Hall–Kier alpha value is -1.27. The number of hydrogen-bond donors (Lipinski definition) is 3. The molecule has 20 heavy (non-hydrogen) atoms. The number of aromatic hydroxyl groups is 2. The van der Waals surface area contributed by atoms with Gasteiger partial charge in [-0.25, -0.2) is 0 Å². The van der Waals surface area contributed by atoms with E-state index in [0.717, 1.165) is 31.7 Å². The molecule has 1 aromatic rings. The van der Waals surface area contributed by atoms with Gasteiger partial charge >= 0.3 is 0 Å². The fourth-order valence-electron chi connectivity index (χ4n) is 2.26. The number of phenolic OH excluding ortho intramolecular Hbond substituents is 2. The Morgan fingerprint density at radius 1 is 1.10 bits per heavy atom. The Morgan fingerprint density at radius 2 is 1.70 bits per heavy atom. The molecule has 1 aromatic carbocycles. The van der Waals surface area contributed by atoms with Crippen LogP contribution in [-0.4, -0.2) is 23.2 Å². The summed E-state index contributed by atoms with van der Waals surface area (Å²) in [6.07, 6.45) is 3.93. The lowest BCUT2D eigenvalue weighted by atomic mass is 9.79. The highest BCUT2D eigenvalue weighted by Gasteiger charge is 2.27. The van der Waals surface area contributed by atoms with Crippen LogP contribution in [-0.2, 0) is 15.5 Å². The molecule has 0 atom stereocenters. The van der Waals surface area contributed by atoms with Crippen LogP contribution in [0.2, 0.25) is 0 Å². The van der Waals surface area contributed by atoms with E-state index in [0.29, 0.717) is 5.56 Å². The maximum Gasteiger partial charge on any atom is 0.298 e. The van der Waals surface area contributed by atoms with E-state index in [1.807, 2.05) is 13.8 Å². The summed E-state index contributed by atoms with van der Waals surface area (Å²) in [5.41, 5.74) is 0.0765. The minimum Gasteiger partial charge on any atom is -0.508 e. The van der Waals surface area contributed by atoms with E-state index in [-0.39, 0.29) is 5.75 Å². The van der Waals surface area contributed by atoms with Gasteiger partial charge in [0.1, 0.15) is 16.4 Å². The number of rotatable bonds is 6. The summed E-state index contributed by atoms with van der Waals surface area (Å²) in [5, 5.41) is 19.7. The largest absolute Gasteiger partial charge is 0.508 e. The number of hydrogen-bond acceptors (Lipinski definition) is 4. The van der Waals surface area contributed by atoms with Crippen LogP contribution in [0, 0.1) is 0 Å². The summed E-state index contributed by atoms with van der Waals surface area (Å²) >= 11 is 0. The predicted molar refractivity (Wildman–Crippen MR) is 76.8 cm³/mol. The van der Waals surface area contributed by atoms with Crippen molar-refractivity contribution in [2.45, 2.75) is 56.8 Å². The molecule has 3 N–H and O–H groups in total. The first-order valence-corrected chi connectivity index (χ1v) is 8.07. The first kappa shape index (κ1) is 16.8. The normalized spacial score (nSPS) is 12.6. The van der Waals surface area contributed by atoms with Crippen molar-refractivity contribution < 1.29 is 23.2 Å². The summed E-state index contributed by atoms with van der Waals surface area (Å²) in [7, 11) is -4.55. The predicted octanol–water partition coefficient (Wildman–Crippen LogP) is 3.20. The van der Waals surface area contributed by atoms with Crippen LogP contribution in [0.4, 0.5) is 0 Å². The quantitative estimate of drug-likeness (QED) is 0.426. The van der Waals surface area contributed by atoms with E-state index in [2.05, 4.69) is 6.92 Å². The van der Waals surface area contributed by atoms with Gasteiger partial charge in [-0.05, 0) is 17.9 Å². The van der Waals surface area contributed by atoms with Gasteiger partial charge < -0.3 is 10.2 Å². The minimum atomic E-state index is -4.55. The Kier molecular flexibility index (Phi) is 5.05. The fourth-order valence-corrected chi connectivity index (χ4v) is 2.84. The highest BCUT2D eigenvalue weighted by molar-refractivity contribution is 7.86. The summed E-state index contributed by atoms with van der Waals surface area (Å²) in [6, 6.07) is 2.10. The highest BCUT2D eigenvalue weighted by Crippen LogP contribution is 2.39. The average molecular weight is 302 g/mol. The second kappa shape index (κ2) is 6.01. The van der Waals surface area contributed by atoms with Crippen LogP contribution < -0.4 is 0 Å². The monoisotopic (exact) mass is 302 g/mol. The maximum absolute atomic E-state index is 11.1. The first-order valence-electron chi connectivity index (χ1n) is 6.63. The van der Waals surface area contributed by atoms with Crippen LogP contribution in [0.5, 0.6) is 11.5 Å². The van der Waals surface area contributed by atoms with E-state index in [9.17, 15) is 18.6 Å². The second-order valence-electron chi connectivity index (χ2n) is 5.65. The molecule has 0 aromatic heterocycles. The highest BCUT2D eigenvalue weighted by atomic mass is 32.2. The van der Waals surface area contributed by atoms with Crippen LogP contribution >= 0.6 is 0 Å². The summed E-state index contributed by atoms with van der Waals surface area (Å²) in [5.74, 6) is -0.791.